The Bertz CT molecular complexity index is 566. The lowest BCUT2D eigenvalue weighted by Gasteiger charge is -2.06. The first-order valence-corrected chi connectivity index (χ1v) is 6.97. The fourth-order valence-electron chi connectivity index (χ4n) is 1.85. The van der Waals surface area contributed by atoms with E-state index in [0.29, 0.717) is 11.1 Å². The number of benzene rings is 1. The summed E-state index contributed by atoms with van der Waals surface area (Å²) in [5, 5.41) is 5.06. The van der Waals surface area contributed by atoms with Crippen LogP contribution in [-0.2, 0) is 6.54 Å². The molecule has 0 unspecified atom stereocenters. The minimum Gasteiger partial charge on any atom is -0.495 e. The van der Waals surface area contributed by atoms with Gasteiger partial charge in [0.2, 0.25) is 0 Å². The molecule has 1 aromatic carbocycles. The molecule has 0 bridgehead atoms. The number of halogens is 2. The van der Waals surface area contributed by atoms with Gasteiger partial charge in [-0.05, 0) is 28.1 Å². The van der Waals surface area contributed by atoms with Crippen molar-refractivity contribution in [1.82, 2.24) is 10.3 Å². The monoisotopic (exact) mass is 330 g/mol. The molecule has 2 rings (SSSR count). The fraction of sp³-hybridized carbons (Fsp3) is 0.385. The van der Waals surface area contributed by atoms with Crippen molar-refractivity contribution < 1.29 is 4.74 Å². The summed E-state index contributed by atoms with van der Waals surface area (Å²) in [7, 11) is 1.66. The van der Waals surface area contributed by atoms with Crippen LogP contribution in [0.2, 0.25) is 5.02 Å². The smallest absolute Gasteiger partial charge is 0.143 e. The predicted molar refractivity (Wildman–Crippen MR) is 79.5 cm³/mol. The van der Waals surface area contributed by atoms with Gasteiger partial charge in [0.25, 0.3) is 0 Å². The minimum absolute atomic E-state index is 0.431. The van der Waals surface area contributed by atoms with Gasteiger partial charge in [0.15, 0.2) is 0 Å². The zero-order valence-electron chi connectivity index (χ0n) is 10.6. The number of ether oxygens (including phenoxy) is 1. The number of hydrogen-bond donors (Lipinski definition) is 2. The highest BCUT2D eigenvalue weighted by molar-refractivity contribution is 9.10. The standard InChI is InChI=1S/C13H16BrClN2O/c1-7(2)16-6-9-12(14)11-8(15)4-5-10(18-3)13(11)17-9/h4-5,7,16-17H,6H2,1-3H3. The molecule has 5 heteroatoms. The number of nitrogens with one attached hydrogen (secondary N) is 2. The van der Waals surface area contributed by atoms with E-state index in [9.17, 15) is 0 Å². The highest BCUT2D eigenvalue weighted by atomic mass is 79.9. The predicted octanol–water partition coefficient (Wildman–Crippen LogP) is 4.09. The van der Waals surface area contributed by atoms with E-state index < -0.39 is 0 Å². The van der Waals surface area contributed by atoms with Gasteiger partial charge in [-0.15, -0.1) is 0 Å². The molecule has 0 aliphatic heterocycles. The summed E-state index contributed by atoms with van der Waals surface area (Å²) in [6.45, 7) is 4.99. The number of aromatic amines is 1. The molecule has 2 N–H and O–H groups in total. The van der Waals surface area contributed by atoms with Crippen molar-refractivity contribution in [2.45, 2.75) is 26.4 Å². The van der Waals surface area contributed by atoms with Crippen LogP contribution in [0.4, 0.5) is 0 Å². The van der Waals surface area contributed by atoms with E-state index in [1.54, 1.807) is 7.11 Å². The molecule has 0 atom stereocenters. The second-order valence-electron chi connectivity index (χ2n) is 4.45. The van der Waals surface area contributed by atoms with E-state index >= 15 is 0 Å². The van der Waals surface area contributed by atoms with Crippen LogP contribution in [0.5, 0.6) is 5.75 Å². The van der Waals surface area contributed by atoms with Crippen molar-refractivity contribution in [2.75, 3.05) is 7.11 Å². The highest BCUT2D eigenvalue weighted by Gasteiger charge is 2.15. The summed E-state index contributed by atoms with van der Waals surface area (Å²) >= 11 is 9.85. The summed E-state index contributed by atoms with van der Waals surface area (Å²) < 4.78 is 6.34. The van der Waals surface area contributed by atoms with Crippen LogP contribution in [0.15, 0.2) is 16.6 Å². The van der Waals surface area contributed by atoms with Crippen molar-refractivity contribution in [3.63, 3.8) is 0 Å². The summed E-state index contributed by atoms with van der Waals surface area (Å²) in [4.78, 5) is 3.36. The maximum absolute atomic E-state index is 6.24. The number of fused-ring (bicyclic) bond motifs is 1. The van der Waals surface area contributed by atoms with Crippen molar-refractivity contribution in [3.05, 3.63) is 27.3 Å². The average Bonchev–Trinajstić information content (AvgIpc) is 2.66. The van der Waals surface area contributed by atoms with Gasteiger partial charge in [-0.3, -0.25) is 0 Å². The van der Waals surface area contributed by atoms with Crippen LogP contribution in [0.25, 0.3) is 10.9 Å². The quantitative estimate of drug-likeness (QED) is 0.885. The molecule has 0 spiro atoms. The highest BCUT2D eigenvalue weighted by Crippen LogP contribution is 2.38. The molecule has 0 amide bonds. The Morgan fingerprint density at radius 1 is 1.44 bits per heavy atom. The van der Waals surface area contributed by atoms with Crippen LogP contribution < -0.4 is 10.1 Å². The van der Waals surface area contributed by atoms with E-state index in [2.05, 4.69) is 40.1 Å². The zero-order chi connectivity index (χ0) is 13.3. The van der Waals surface area contributed by atoms with Crippen LogP contribution in [0, 0.1) is 0 Å². The third-order valence-electron chi connectivity index (χ3n) is 2.78. The number of methoxy groups -OCH3 is 1. The van der Waals surface area contributed by atoms with Gasteiger partial charge >= 0.3 is 0 Å². The summed E-state index contributed by atoms with van der Waals surface area (Å²) in [5.74, 6) is 0.797. The largest absolute Gasteiger partial charge is 0.495 e. The van der Waals surface area contributed by atoms with Gasteiger partial charge in [-0.2, -0.15) is 0 Å². The van der Waals surface area contributed by atoms with Gasteiger partial charge in [0, 0.05) is 28.1 Å². The summed E-state index contributed by atoms with van der Waals surface area (Å²) in [5.41, 5.74) is 2.00. The second kappa shape index (κ2) is 5.51. The Morgan fingerprint density at radius 2 is 2.17 bits per heavy atom. The molecule has 0 fully saturated rings. The number of hydrogen-bond acceptors (Lipinski definition) is 2. The van der Waals surface area contributed by atoms with Gasteiger partial charge in [0.1, 0.15) is 5.75 Å². The maximum Gasteiger partial charge on any atom is 0.143 e. The SMILES string of the molecule is COc1ccc(Cl)c2c(Br)c(CNC(C)C)[nH]c12. The molecule has 2 aromatic rings. The third-order valence-corrected chi connectivity index (χ3v) is 3.97. The average molecular weight is 332 g/mol. The normalized spacial score (nSPS) is 11.4. The Morgan fingerprint density at radius 3 is 2.78 bits per heavy atom. The molecule has 18 heavy (non-hydrogen) atoms. The molecule has 3 nitrogen and oxygen atoms in total. The fourth-order valence-corrected chi connectivity index (χ4v) is 2.87. The molecule has 1 heterocycles. The lowest BCUT2D eigenvalue weighted by molar-refractivity contribution is 0.419. The van der Waals surface area contributed by atoms with Crippen LogP contribution in [0.3, 0.4) is 0 Å². The maximum atomic E-state index is 6.24. The van der Waals surface area contributed by atoms with Gasteiger partial charge < -0.3 is 15.0 Å². The van der Waals surface area contributed by atoms with Crippen molar-refractivity contribution >= 4 is 38.4 Å². The minimum atomic E-state index is 0.431. The Balaban J connectivity index is 2.51. The topological polar surface area (TPSA) is 37.0 Å². The lowest BCUT2D eigenvalue weighted by atomic mass is 10.2. The van der Waals surface area contributed by atoms with E-state index in [-0.39, 0.29) is 0 Å². The molecule has 1 aromatic heterocycles. The third kappa shape index (κ3) is 2.51. The van der Waals surface area contributed by atoms with Crippen LogP contribution in [0.1, 0.15) is 19.5 Å². The molecule has 0 radical (unpaired) electrons. The number of aromatic nitrogens is 1. The van der Waals surface area contributed by atoms with E-state index in [4.69, 9.17) is 16.3 Å². The molecule has 0 aliphatic rings. The van der Waals surface area contributed by atoms with E-state index in [1.807, 2.05) is 12.1 Å². The molecule has 0 saturated carbocycles. The second-order valence-corrected chi connectivity index (χ2v) is 5.65. The first-order chi connectivity index (χ1) is 8.54. The Labute approximate surface area is 120 Å². The zero-order valence-corrected chi connectivity index (χ0v) is 12.9. The van der Waals surface area contributed by atoms with Crippen LogP contribution >= 0.6 is 27.5 Å². The number of rotatable bonds is 4. The molecular formula is C13H16BrClN2O. The van der Waals surface area contributed by atoms with Gasteiger partial charge in [-0.25, -0.2) is 0 Å². The summed E-state index contributed by atoms with van der Waals surface area (Å²) in [6.07, 6.45) is 0. The summed E-state index contributed by atoms with van der Waals surface area (Å²) in [6, 6.07) is 4.15. The Hall–Kier alpha value is -0.710. The first-order valence-electron chi connectivity index (χ1n) is 5.80. The van der Waals surface area contributed by atoms with Gasteiger partial charge in [-0.1, -0.05) is 25.4 Å². The van der Waals surface area contributed by atoms with Crippen molar-refractivity contribution in [3.8, 4) is 5.75 Å². The molecule has 0 saturated heterocycles. The molecular weight excluding hydrogens is 316 g/mol. The van der Waals surface area contributed by atoms with Crippen LogP contribution in [-0.4, -0.2) is 18.1 Å². The molecule has 0 aliphatic carbocycles. The molecule has 98 valence electrons. The number of H-pyrrole nitrogens is 1. The van der Waals surface area contributed by atoms with Crippen molar-refractivity contribution in [1.29, 1.82) is 0 Å². The Kier molecular flexibility index (Phi) is 4.20. The van der Waals surface area contributed by atoms with Gasteiger partial charge in [0.05, 0.1) is 17.6 Å². The van der Waals surface area contributed by atoms with E-state index in [0.717, 1.165) is 33.4 Å². The van der Waals surface area contributed by atoms with E-state index in [1.165, 1.54) is 0 Å². The first kappa shape index (κ1) is 13.7. The lowest BCUT2D eigenvalue weighted by Crippen LogP contribution is -2.22. The van der Waals surface area contributed by atoms with Crippen molar-refractivity contribution in [2.24, 2.45) is 0 Å².